The van der Waals surface area contributed by atoms with Gasteiger partial charge in [0.05, 0.1) is 0 Å². The molecule has 1 N–H and O–H groups in total. The molecule has 5 heteroatoms. The van der Waals surface area contributed by atoms with Gasteiger partial charge in [-0.2, -0.15) is 4.98 Å². The van der Waals surface area contributed by atoms with Gasteiger partial charge < -0.3 is 5.32 Å². The first-order valence-electron chi connectivity index (χ1n) is 6.51. The van der Waals surface area contributed by atoms with Gasteiger partial charge >= 0.3 is 0 Å². The summed E-state index contributed by atoms with van der Waals surface area (Å²) in [6.45, 7) is 2.31. The predicted octanol–water partition coefficient (Wildman–Crippen LogP) is 3.48. The Hall–Kier alpha value is -1.10. The Balaban J connectivity index is 1.81. The molecule has 2 atom stereocenters. The van der Waals surface area contributed by atoms with E-state index in [2.05, 4.69) is 38.3 Å². The number of nitrogens with zero attached hydrogens (tertiary/aromatic N) is 3. The number of pyridine rings is 1. The minimum atomic E-state index is 0.514. The Labute approximate surface area is 115 Å². The van der Waals surface area contributed by atoms with Gasteiger partial charge in [-0.3, -0.25) is 0 Å². The third-order valence-corrected chi connectivity index (χ3v) is 4.19. The summed E-state index contributed by atoms with van der Waals surface area (Å²) in [4.78, 5) is 4.50. The van der Waals surface area contributed by atoms with E-state index in [4.69, 9.17) is 0 Å². The lowest BCUT2D eigenvalue weighted by atomic mass is 9.86. The Morgan fingerprint density at radius 1 is 1.33 bits per heavy atom. The van der Waals surface area contributed by atoms with Gasteiger partial charge in [-0.05, 0) is 46.8 Å². The first-order chi connectivity index (χ1) is 8.72. The third-order valence-electron chi connectivity index (χ3n) is 3.72. The van der Waals surface area contributed by atoms with Crippen LogP contribution in [0.3, 0.4) is 0 Å². The number of aromatic nitrogens is 3. The molecule has 1 aliphatic carbocycles. The van der Waals surface area contributed by atoms with Crippen molar-refractivity contribution in [1.82, 2.24) is 14.6 Å². The molecule has 0 bridgehead atoms. The summed E-state index contributed by atoms with van der Waals surface area (Å²) in [5.41, 5.74) is 0.879. The number of nitrogens with one attached hydrogen (secondary N) is 1. The van der Waals surface area contributed by atoms with Gasteiger partial charge in [-0.1, -0.05) is 19.8 Å². The summed E-state index contributed by atoms with van der Waals surface area (Å²) in [5, 5.41) is 7.95. The van der Waals surface area contributed by atoms with E-state index < -0.39 is 0 Å². The average molecular weight is 309 g/mol. The van der Waals surface area contributed by atoms with Gasteiger partial charge in [0.15, 0.2) is 5.65 Å². The Morgan fingerprint density at radius 3 is 3.00 bits per heavy atom. The molecule has 4 nitrogen and oxygen atoms in total. The van der Waals surface area contributed by atoms with Crippen LogP contribution in [0.2, 0.25) is 0 Å². The number of anilines is 1. The van der Waals surface area contributed by atoms with E-state index in [1.807, 2.05) is 18.3 Å². The van der Waals surface area contributed by atoms with Crippen LogP contribution in [-0.4, -0.2) is 20.6 Å². The van der Waals surface area contributed by atoms with Crippen LogP contribution in [0, 0.1) is 5.92 Å². The van der Waals surface area contributed by atoms with Crippen LogP contribution in [0.25, 0.3) is 5.65 Å². The topological polar surface area (TPSA) is 42.2 Å². The number of hydrogen-bond donors (Lipinski definition) is 1. The van der Waals surface area contributed by atoms with E-state index in [-0.39, 0.29) is 0 Å². The Kier molecular flexibility index (Phi) is 3.24. The molecule has 1 aliphatic rings. The number of hydrogen-bond acceptors (Lipinski definition) is 3. The maximum absolute atomic E-state index is 4.50. The smallest absolute Gasteiger partial charge is 0.243 e. The van der Waals surface area contributed by atoms with Crippen LogP contribution < -0.4 is 5.32 Å². The van der Waals surface area contributed by atoms with E-state index in [1.165, 1.54) is 25.7 Å². The molecule has 2 aromatic heterocycles. The van der Waals surface area contributed by atoms with Gasteiger partial charge in [-0.25, -0.2) is 4.52 Å². The molecule has 1 fully saturated rings. The monoisotopic (exact) mass is 308 g/mol. The van der Waals surface area contributed by atoms with Gasteiger partial charge in [-0.15, -0.1) is 5.10 Å². The van der Waals surface area contributed by atoms with E-state index >= 15 is 0 Å². The van der Waals surface area contributed by atoms with Gasteiger partial charge in [0.1, 0.15) is 0 Å². The molecule has 1 saturated carbocycles. The zero-order valence-corrected chi connectivity index (χ0v) is 12.0. The molecular weight excluding hydrogens is 292 g/mol. The molecule has 96 valence electrons. The fraction of sp³-hybridized carbons (Fsp3) is 0.538. The molecule has 3 rings (SSSR count). The minimum Gasteiger partial charge on any atom is -0.350 e. The van der Waals surface area contributed by atoms with Crippen molar-refractivity contribution < 1.29 is 0 Å². The van der Waals surface area contributed by atoms with Crippen molar-refractivity contribution in [3.8, 4) is 0 Å². The summed E-state index contributed by atoms with van der Waals surface area (Å²) < 4.78 is 2.82. The SMILES string of the molecule is CC1CCCCC1Nc1nc2ccc(Br)cn2n1. The number of halogens is 1. The van der Waals surface area contributed by atoms with Crippen molar-refractivity contribution in [2.75, 3.05) is 5.32 Å². The first-order valence-corrected chi connectivity index (χ1v) is 7.30. The molecule has 2 aromatic rings. The van der Waals surface area contributed by atoms with Gasteiger partial charge in [0.25, 0.3) is 0 Å². The van der Waals surface area contributed by atoms with Crippen molar-refractivity contribution in [3.05, 3.63) is 22.8 Å². The maximum Gasteiger partial charge on any atom is 0.243 e. The average Bonchev–Trinajstić information content (AvgIpc) is 2.73. The number of rotatable bonds is 2. The molecule has 18 heavy (non-hydrogen) atoms. The largest absolute Gasteiger partial charge is 0.350 e. The minimum absolute atomic E-state index is 0.514. The van der Waals surface area contributed by atoms with Crippen molar-refractivity contribution >= 4 is 27.5 Å². The van der Waals surface area contributed by atoms with Crippen LogP contribution in [0.1, 0.15) is 32.6 Å². The predicted molar refractivity (Wildman–Crippen MR) is 75.7 cm³/mol. The van der Waals surface area contributed by atoms with Gasteiger partial charge in [0, 0.05) is 16.7 Å². The summed E-state index contributed by atoms with van der Waals surface area (Å²) >= 11 is 3.44. The zero-order valence-electron chi connectivity index (χ0n) is 10.4. The fourth-order valence-corrected chi connectivity index (χ4v) is 2.94. The lowest BCUT2D eigenvalue weighted by Crippen LogP contribution is -2.30. The van der Waals surface area contributed by atoms with E-state index in [1.54, 1.807) is 4.52 Å². The molecule has 0 spiro atoms. The molecule has 0 radical (unpaired) electrons. The molecule has 0 aliphatic heterocycles. The summed E-state index contributed by atoms with van der Waals surface area (Å²) in [6.07, 6.45) is 7.11. The zero-order chi connectivity index (χ0) is 12.5. The van der Waals surface area contributed by atoms with Crippen LogP contribution >= 0.6 is 15.9 Å². The van der Waals surface area contributed by atoms with Crippen molar-refractivity contribution in [1.29, 1.82) is 0 Å². The highest BCUT2D eigenvalue weighted by Crippen LogP contribution is 2.26. The maximum atomic E-state index is 4.50. The highest BCUT2D eigenvalue weighted by Gasteiger charge is 2.22. The van der Waals surface area contributed by atoms with E-state index in [0.29, 0.717) is 12.0 Å². The Bertz CT molecular complexity index is 551. The summed E-state index contributed by atoms with van der Waals surface area (Å²) in [6, 6.07) is 4.46. The summed E-state index contributed by atoms with van der Waals surface area (Å²) in [5.74, 6) is 1.45. The second-order valence-electron chi connectivity index (χ2n) is 5.10. The van der Waals surface area contributed by atoms with Crippen LogP contribution in [0.15, 0.2) is 22.8 Å². The highest BCUT2D eigenvalue weighted by molar-refractivity contribution is 9.10. The normalized spacial score (nSPS) is 24.3. The molecule has 2 unspecified atom stereocenters. The van der Waals surface area contributed by atoms with Crippen LogP contribution in [-0.2, 0) is 0 Å². The first kappa shape index (κ1) is 12.0. The second-order valence-corrected chi connectivity index (χ2v) is 6.01. The van der Waals surface area contributed by atoms with Crippen molar-refractivity contribution in [2.45, 2.75) is 38.6 Å². The fourth-order valence-electron chi connectivity index (χ4n) is 2.62. The van der Waals surface area contributed by atoms with Crippen molar-refractivity contribution in [2.24, 2.45) is 5.92 Å². The van der Waals surface area contributed by atoms with Crippen LogP contribution in [0.5, 0.6) is 0 Å². The summed E-state index contributed by atoms with van der Waals surface area (Å²) in [7, 11) is 0. The third kappa shape index (κ3) is 2.36. The lowest BCUT2D eigenvalue weighted by molar-refractivity contribution is 0.348. The van der Waals surface area contributed by atoms with E-state index in [0.717, 1.165) is 16.1 Å². The highest BCUT2D eigenvalue weighted by atomic mass is 79.9. The molecule has 0 aromatic carbocycles. The van der Waals surface area contributed by atoms with E-state index in [9.17, 15) is 0 Å². The number of fused-ring (bicyclic) bond motifs is 1. The molecule has 0 saturated heterocycles. The Morgan fingerprint density at radius 2 is 2.17 bits per heavy atom. The van der Waals surface area contributed by atoms with Gasteiger partial charge in [0.2, 0.25) is 5.95 Å². The quantitative estimate of drug-likeness (QED) is 0.923. The molecule has 2 heterocycles. The second kappa shape index (κ2) is 4.88. The van der Waals surface area contributed by atoms with Crippen molar-refractivity contribution in [3.63, 3.8) is 0 Å². The van der Waals surface area contributed by atoms with Crippen LogP contribution in [0.4, 0.5) is 5.95 Å². The standard InChI is InChI=1S/C13H17BrN4/c1-9-4-2-3-5-11(9)15-13-16-12-7-6-10(14)8-18(12)17-13/h6-9,11H,2-5H2,1H3,(H,15,17). The molecule has 0 amide bonds. The lowest BCUT2D eigenvalue weighted by Gasteiger charge is -2.28. The molecular formula is C13H17BrN4.